The van der Waals surface area contributed by atoms with Crippen molar-refractivity contribution in [2.75, 3.05) is 0 Å². The van der Waals surface area contributed by atoms with Crippen LogP contribution in [-0.2, 0) is 6.54 Å². The standard InChI is InChI=1S/C13H21N3O/c1-13(2)11(5-12(13)17)15-7-10-6-14-8-16(10)9-3-4-9/h6,8-9,11-12,15,17H,3-5,7H2,1-2H3. The fraction of sp³-hybridized carbons (Fsp3) is 0.769. The second kappa shape index (κ2) is 3.82. The highest BCUT2D eigenvalue weighted by molar-refractivity contribution is 5.06. The Labute approximate surface area is 102 Å². The summed E-state index contributed by atoms with van der Waals surface area (Å²) in [4.78, 5) is 4.23. The summed E-state index contributed by atoms with van der Waals surface area (Å²) in [6.45, 7) is 5.10. The van der Waals surface area contributed by atoms with Gasteiger partial charge in [-0.2, -0.15) is 0 Å². The van der Waals surface area contributed by atoms with Crippen LogP contribution in [0.5, 0.6) is 0 Å². The molecule has 94 valence electrons. The number of rotatable bonds is 4. The van der Waals surface area contributed by atoms with Gasteiger partial charge in [-0.1, -0.05) is 13.8 Å². The summed E-state index contributed by atoms with van der Waals surface area (Å²) in [7, 11) is 0. The van der Waals surface area contributed by atoms with Crippen LogP contribution in [0.3, 0.4) is 0 Å². The number of imidazole rings is 1. The van der Waals surface area contributed by atoms with E-state index in [2.05, 4.69) is 28.7 Å². The lowest BCUT2D eigenvalue weighted by atomic mass is 9.64. The van der Waals surface area contributed by atoms with Crippen molar-refractivity contribution in [3.63, 3.8) is 0 Å². The van der Waals surface area contributed by atoms with Gasteiger partial charge in [-0.3, -0.25) is 0 Å². The second-order valence-electron chi connectivity index (χ2n) is 6.03. The molecule has 4 heteroatoms. The van der Waals surface area contributed by atoms with Gasteiger partial charge in [0.05, 0.1) is 18.1 Å². The lowest BCUT2D eigenvalue weighted by Gasteiger charge is -2.49. The van der Waals surface area contributed by atoms with Crippen LogP contribution < -0.4 is 5.32 Å². The van der Waals surface area contributed by atoms with Crippen molar-refractivity contribution in [2.45, 2.75) is 57.8 Å². The normalized spacial score (nSPS) is 31.2. The number of hydrogen-bond acceptors (Lipinski definition) is 3. The molecule has 1 aromatic rings. The molecule has 0 bridgehead atoms. The Morgan fingerprint density at radius 2 is 2.29 bits per heavy atom. The van der Waals surface area contributed by atoms with Crippen LogP contribution in [0, 0.1) is 5.41 Å². The Bertz CT molecular complexity index is 409. The zero-order valence-electron chi connectivity index (χ0n) is 10.6. The van der Waals surface area contributed by atoms with Crippen LogP contribution in [0.25, 0.3) is 0 Å². The molecule has 2 unspecified atom stereocenters. The highest BCUT2D eigenvalue weighted by Gasteiger charge is 2.46. The topological polar surface area (TPSA) is 50.1 Å². The lowest BCUT2D eigenvalue weighted by Crippen LogP contribution is -2.59. The number of hydrogen-bond donors (Lipinski definition) is 2. The molecule has 0 spiro atoms. The molecule has 2 aliphatic rings. The van der Waals surface area contributed by atoms with Gasteiger partial charge < -0.3 is 15.0 Å². The Morgan fingerprint density at radius 3 is 2.88 bits per heavy atom. The summed E-state index contributed by atoms with van der Waals surface area (Å²) in [6.07, 6.45) is 7.18. The van der Waals surface area contributed by atoms with Crippen molar-refractivity contribution >= 4 is 0 Å². The molecule has 0 aliphatic heterocycles. The quantitative estimate of drug-likeness (QED) is 0.831. The van der Waals surface area contributed by atoms with Crippen molar-refractivity contribution in [3.05, 3.63) is 18.2 Å². The maximum absolute atomic E-state index is 9.70. The van der Waals surface area contributed by atoms with E-state index in [1.54, 1.807) is 0 Å². The molecule has 2 fully saturated rings. The molecule has 2 saturated carbocycles. The van der Waals surface area contributed by atoms with Gasteiger partial charge in [-0.25, -0.2) is 4.98 Å². The molecule has 3 rings (SSSR count). The van der Waals surface area contributed by atoms with E-state index in [9.17, 15) is 5.11 Å². The number of aliphatic hydroxyl groups is 1. The zero-order chi connectivity index (χ0) is 12.0. The molecule has 0 aromatic carbocycles. The highest BCUT2D eigenvalue weighted by Crippen LogP contribution is 2.40. The molecule has 1 aromatic heterocycles. The average molecular weight is 235 g/mol. The molecule has 0 saturated heterocycles. The van der Waals surface area contributed by atoms with E-state index in [1.165, 1.54) is 18.5 Å². The average Bonchev–Trinajstić information content (AvgIpc) is 3.04. The third-order valence-electron chi connectivity index (χ3n) is 4.43. The van der Waals surface area contributed by atoms with Gasteiger partial charge in [0.1, 0.15) is 0 Å². The molecule has 2 N–H and O–H groups in total. The minimum atomic E-state index is -0.159. The van der Waals surface area contributed by atoms with Crippen LogP contribution >= 0.6 is 0 Å². The Hall–Kier alpha value is -0.870. The summed E-state index contributed by atoms with van der Waals surface area (Å²) in [6, 6.07) is 1.11. The maximum Gasteiger partial charge on any atom is 0.0951 e. The maximum atomic E-state index is 9.70. The third-order valence-corrected chi connectivity index (χ3v) is 4.43. The number of nitrogens with zero attached hydrogens (tertiary/aromatic N) is 2. The Kier molecular flexibility index (Phi) is 2.52. The number of aromatic nitrogens is 2. The number of nitrogens with one attached hydrogen (secondary N) is 1. The van der Waals surface area contributed by atoms with Gasteiger partial charge in [0, 0.05) is 30.2 Å². The van der Waals surface area contributed by atoms with Gasteiger partial charge in [0.2, 0.25) is 0 Å². The van der Waals surface area contributed by atoms with E-state index in [0.29, 0.717) is 12.1 Å². The van der Waals surface area contributed by atoms with Crippen LogP contribution in [0.2, 0.25) is 0 Å². The summed E-state index contributed by atoms with van der Waals surface area (Å²) in [5.74, 6) is 0. The smallest absolute Gasteiger partial charge is 0.0951 e. The SMILES string of the molecule is CC1(C)C(O)CC1NCc1cncn1C1CC1. The predicted octanol–water partition coefficient (Wildman–Crippen LogP) is 1.47. The van der Waals surface area contributed by atoms with Gasteiger partial charge in [-0.05, 0) is 19.3 Å². The van der Waals surface area contributed by atoms with Crippen molar-refractivity contribution < 1.29 is 5.11 Å². The first-order chi connectivity index (χ1) is 8.09. The monoisotopic (exact) mass is 235 g/mol. The summed E-state index contributed by atoms with van der Waals surface area (Å²) >= 11 is 0. The first kappa shape index (κ1) is 11.2. The minimum Gasteiger partial charge on any atom is -0.392 e. The molecule has 0 radical (unpaired) electrons. The summed E-state index contributed by atoms with van der Waals surface area (Å²) in [5, 5.41) is 13.2. The van der Waals surface area contributed by atoms with Crippen molar-refractivity contribution in [3.8, 4) is 0 Å². The molecule has 17 heavy (non-hydrogen) atoms. The first-order valence-corrected chi connectivity index (χ1v) is 6.51. The Balaban J connectivity index is 1.59. The summed E-state index contributed by atoms with van der Waals surface area (Å²) < 4.78 is 2.29. The van der Waals surface area contributed by atoms with Crippen molar-refractivity contribution in [2.24, 2.45) is 5.41 Å². The van der Waals surface area contributed by atoms with E-state index >= 15 is 0 Å². The van der Waals surface area contributed by atoms with Gasteiger partial charge in [-0.15, -0.1) is 0 Å². The van der Waals surface area contributed by atoms with E-state index in [0.717, 1.165) is 13.0 Å². The summed E-state index contributed by atoms with van der Waals surface area (Å²) in [5.41, 5.74) is 1.27. The first-order valence-electron chi connectivity index (χ1n) is 6.51. The molecule has 0 amide bonds. The highest BCUT2D eigenvalue weighted by atomic mass is 16.3. The molecule has 4 nitrogen and oxygen atoms in total. The minimum absolute atomic E-state index is 0.00440. The van der Waals surface area contributed by atoms with Crippen LogP contribution in [-0.4, -0.2) is 26.8 Å². The molecule has 2 aliphatic carbocycles. The molecular formula is C13H21N3O. The molecule has 2 atom stereocenters. The van der Waals surface area contributed by atoms with E-state index in [1.807, 2.05) is 12.5 Å². The third kappa shape index (κ3) is 1.89. The van der Waals surface area contributed by atoms with Crippen LogP contribution in [0.4, 0.5) is 0 Å². The van der Waals surface area contributed by atoms with Crippen molar-refractivity contribution in [1.29, 1.82) is 0 Å². The van der Waals surface area contributed by atoms with Gasteiger partial charge in [0.25, 0.3) is 0 Å². The largest absolute Gasteiger partial charge is 0.392 e. The van der Waals surface area contributed by atoms with E-state index < -0.39 is 0 Å². The van der Waals surface area contributed by atoms with Crippen LogP contribution in [0.15, 0.2) is 12.5 Å². The van der Waals surface area contributed by atoms with Gasteiger partial charge >= 0.3 is 0 Å². The van der Waals surface area contributed by atoms with Crippen molar-refractivity contribution in [1.82, 2.24) is 14.9 Å². The molecule has 1 heterocycles. The Morgan fingerprint density at radius 1 is 1.53 bits per heavy atom. The number of aliphatic hydroxyl groups excluding tert-OH is 1. The zero-order valence-corrected chi connectivity index (χ0v) is 10.6. The lowest BCUT2D eigenvalue weighted by molar-refractivity contribution is -0.0731. The van der Waals surface area contributed by atoms with Crippen LogP contribution in [0.1, 0.15) is 44.8 Å². The fourth-order valence-electron chi connectivity index (χ4n) is 2.63. The fourth-order valence-corrected chi connectivity index (χ4v) is 2.63. The van der Waals surface area contributed by atoms with Gasteiger partial charge in [0.15, 0.2) is 0 Å². The predicted molar refractivity (Wildman–Crippen MR) is 65.5 cm³/mol. The van der Waals surface area contributed by atoms with E-state index in [-0.39, 0.29) is 11.5 Å². The molecular weight excluding hydrogens is 214 g/mol. The van der Waals surface area contributed by atoms with E-state index in [4.69, 9.17) is 0 Å². The second-order valence-corrected chi connectivity index (χ2v) is 6.03.